The largest absolute Gasteiger partial charge is 0.462 e. The zero-order valence-electron chi connectivity index (χ0n) is 38.8. The molecule has 0 aromatic carbocycles. The van der Waals surface area contributed by atoms with Crippen molar-refractivity contribution in [3.05, 3.63) is 48.6 Å². The fourth-order valence-electron chi connectivity index (χ4n) is 7.09. The van der Waals surface area contributed by atoms with Gasteiger partial charge in [-0.3, -0.25) is 9.59 Å². The first-order valence-electron chi connectivity index (χ1n) is 25.2. The summed E-state index contributed by atoms with van der Waals surface area (Å²) in [5, 5.41) is 0. The van der Waals surface area contributed by atoms with Gasteiger partial charge in [-0.2, -0.15) is 0 Å². The fourth-order valence-corrected chi connectivity index (χ4v) is 7.09. The number of esters is 2. The number of hydrogen-bond donors (Lipinski definition) is 0. The molecule has 0 bridgehead atoms. The van der Waals surface area contributed by atoms with E-state index in [1.807, 2.05) is 0 Å². The molecule has 0 radical (unpaired) electrons. The van der Waals surface area contributed by atoms with Gasteiger partial charge in [0.1, 0.15) is 6.61 Å². The third-order valence-electron chi connectivity index (χ3n) is 10.8. The second-order valence-corrected chi connectivity index (χ2v) is 16.7. The van der Waals surface area contributed by atoms with E-state index in [0.717, 1.165) is 77.0 Å². The Morgan fingerprint density at radius 3 is 1.31 bits per heavy atom. The van der Waals surface area contributed by atoms with E-state index in [0.29, 0.717) is 19.4 Å². The minimum Gasteiger partial charge on any atom is -0.462 e. The molecular weight excluding hydrogens is 717 g/mol. The van der Waals surface area contributed by atoms with Crippen molar-refractivity contribution in [2.24, 2.45) is 0 Å². The van der Waals surface area contributed by atoms with Gasteiger partial charge in [-0.15, -0.1) is 0 Å². The Kier molecular flexibility index (Phi) is 47.4. The predicted octanol–water partition coefficient (Wildman–Crippen LogP) is 16.8. The Morgan fingerprint density at radius 1 is 0.397 bits per heavy atom. The van der Waals surface area contributed by atoms with Crippen LogP contribution in [-0.2, 0) is 23.8 Å². The van der Waals surface area contributed by atoms with Crippen LogP contribution in [0.25, 0.3) is 0 Å². The van der Waals surface area contributed by atoms with E-state index >= 15 is 0 Å². The van der Waals surface area contributed by atoms with Crippen molar-refractivity contribution in [1.82, 2.24) is 0 Å². The third kappa shape index (κ3) is 46.5. The molecule has 0 aliphatic carbocycles. The summed E-state index contributed by atoms with van der Waals surface area (Å²) in [4.78, 5) is 25.3. The van der Waals surface area contributed by atoms with Gasteiger partial charge >= 0.3 is 11.9 Å². The maximum Gasteiger partial charge on any atom is 0.306 e. The highest BCUT2D eigenvalue weighted by molar-refractivity contribution is 5.70. The first-order chi connectivity index (χ1) is 28.6. The van der Waals surface area contributed by atoms with Gasteiger partial charge in [0.15, 0.2) is 6.10 Å². The Hall–Kier alpha value is -2.14. The summed E-state index contributed by atoms with van der Waals surface area (Å²) in [5.74, 6) is -0.407. The van der Waals surface area contributed by atoms with Crippen LogP contribution in [0.1, 0.15) is 252 Å². The van der Waals surface area contributed by atoms with Crippen molar-refractivity contribution in [2.45, 2.75) is 258 Å². The standard InChI is InChI=1S/C53H96O5/c1-4-7-10-13-16-19-22-24-26-28-30-33-36-39-42-45-48-56-49-51(58-53(55)47-44-41-38-35-31-21-18-15-12-9-6-3)50-57-52(54)46-43-40-37-34-32-29-27-25-23-20-17-14-11-8-5-2/h7,10,15-16,18-19,24,26,51H,4-6,8-9,11-14,17,20-23,25,27-50H2,1-3H3/b10-7-,18-15-,19-16-,26-24-. The monoisotopic (exact) mass is 813 g/mol. The molecule has 58 heavy (non-hydrogen) atoms. The first kappa shape index (κ1) is 55.9. The van der Waals surface area contributed by atoms with E-state index in [1.165, 1.54) is 141 Å². The van der Waals surface area contributed by atoms with Gasteiger partial charge in [0.05, 0.1) is 6.61 Å². The number of hydrogen-bond acceptors (Lipinski definition) is 5. The summed E-state index contributed by atoms with van der Waals surface area (Å²) < 4.78 is 17.4. The summed E-state index contributed by atoms with van der Waals surface area (Å²) in [6.45, 7) is 7.67. The zero-order valence-corrected chi connectivity index (χ0v) is 38.8. The smallest absolute Gasteiger partial charge is 0.306 e. The van der Waals surface area contributed by atoms with Crippen molar-refractivity contribution in [3.63, 3.8) is 0 Å². The highest BCUT2D eigenvalue weighted by atomic mass is 16.6. The predicted molar refractivity (Wildman–Crippen MR) is 251 cm³/mol. The molecule has 0 fully saturated rings. The Bertz CT molecular complexity index is 966. The van der Waals surface area contributed by atoms with Crippen molar-refractivity contribution < 1.29 is 23.8 Å². The summed E-state index contributed by atoms with van der Waals surface area (Å²) in [5.41, 5.74) is 0. The lowest BCUT2D eigenvalue weighted by molar-refractivity contribution is -0.163. The Morgan fingerprint density at radius 2 is 0.793 bits per heavy atom. The van der Waals surface area contributed by atoms with Crippen LogP contribution in [0.2, 0.25) is 0 Å². The molecule has 0 aromatic heterocycles. The number of unbranched alkanes of at least 4 members (excludes halogenated alkanes) is 27. The fraction of sp³-hybridized carbons (Fsp3) is 0.811. The van der Waals surface area contributed by atoms with Crippen molar-refractivity contribution >= 4 is 11.9 Å². The second-order valence-electron chi connectivity index (χ2n) is 16.7. The lowest BCUT2D eigenvalue weighted by Crippen LogP contribution is -2.30. The molecule has 0 aromatic rings. The number of rotatable bonds is 46. The van der Waals surface area contributed by atoms with E-state index < -0.39 is 6.10 Å². The minimum absolute atomic E-state index is 0.0795. The van der Waals surface area contributed by atoms with Crippen LogP contribution in [0, 0.1) is 0 Å². The molecule has 0 heterocycles. The van der Waals surface area contributed by atoms with E-state index in [-0.39, 0.29) is 25.2 Å². The molecule has 0 saturated carbocycles. The highest BCUT2D eigenvalue weighted by Crippen LogP contribution is 2.15. The van der Waals surface area contributed by atoms with Crippen LogP contribution in [0.5, 0.6) is 0 Å². The molecule has 0 spiro atoms. The SMILES string of the molecule is CC/C=C\C/C=C\C/C=C\CCCCCCCCOCC(COC(=O)CCCCCCCCCCCCCCCCC)OC(=O)CCCCCCC/C=C\CCCC. The summed E-state index contributed by atoms with van der Waals surface area (Å²) in [7, 11) is 0. The maximum absolute atomic E-state index is 12.7. The molecule has 338 valence electrons. The number of ether oxygens (including phenoxy) is 3. The first-order valence-corrected chi connectivity index (χ1v) is 25.2. The average molecular weight is 813 g/mol. The second kappa shape index (κ2) is 49.2. The van der Waals surface area contributed by atoms with Crippen LogP contribution < -0.4 is 0 Å². The van der Waals surface area contributed by atoms with Gasteiger partial charge in [-0.05, 0) is 70.6 Å². The van der Waals surface area contributed by atoms with Gasteiger partial charge in [0.2, 0.25) is 0 Å². The number of carbonyl (C=O) groups is 2. The molecule has 1 unspecified atom stereocenters. The lowest BCUT2D eigenvalue weighted by Gasteiger charge is -2.18. The normalized spacial score (nSPS) is 12.5. The molecule has 0 amide bonds. The van der Waals surface area contributed by atoms with E-state index in [4.69, 9.17) is 14.2 Å². The molecule has 0 saturated heterocycles. The Balaban J connectivity index is 4.24. The van der Waals surface area contributed by atoms with Gasteiger partial charge in [-0.1, -0.05) is 217 Å². The van der Waals surface area contributed by atoms with Crippen LogP contribution >= 0.6 is 0 Å². The van der Waals surface area contributed by atoms with E-state index in [9.17, 15) is 9.59 Å². The molecule has 1 atom stereocenters. The number of carbonyl (C=O) groups excluding carboxylic acids is 2. The van der Waals surface area contributed by atoms with E-state index in [1.54, 1.807) is 0 Å². The summed E-state index contributed by atoms with van der Waals surface area (Å²) >= 11 is 0. The molecule has 0 N–H and O–H groups in total. The molecule has 5 heteroatoms. The van der Waals surface area contributed by atoms with Gasteiger partial charge in [0, 0.05) is 19.4 Å². The maximum atomic E-state index is 12.7. The van der Waals surface area contributed by atoms with Gasteiger partial charge < -0.3 is 14.2 Å². The van der Waals surface area contributed by atoms with Crippen LogP contribution in [0.4, 0.5) is 0 Å². The Labute approximate surface area is 361 Å². The summed E-state index contributed by atoms with van der Waals surface area (Å²) in [6, 6.07) is 0. The van der Waals surface area contributed by atoms with Gasteiger partial charge in [0.25, 0.3) is 0 Å². The van der Waals surface area contributed by atoms with Crippen molar-refractivity contribution in [1.29, 1.82) is 0 Å². The molecular formula is C53H96O5. The van der Waals surface area contributed by atoms with Crippen molar-refractivity contribution in [2.75, 3.05) is 19.8 Å². The van der Waals surface area contributed by atoms with Crippen LogP contribution in [0.15, 0.2) is 48.6 Å². The quantitative estimate of drug-likeness (QED) is 0.0348. The zero-order chi connectivity index (χ0) is 42.1. The van der Waals surface area contributed by atoms with Crippen LogP contribution in [0.3, 0.4) is 0 Å². The highest BCUT2D eigenvalue weighted by Gasteiger charge is 2.17. The molecule has 0 rings (SSSR count). The van der Waals surface area contributed by atoms with Gasteiger partial charge in [-0.25, -0.2) is 0 Å². The molecule has 5 nitrogen and oxygen atoms in total. The summed E-state index contributed by atoms with van der Waals surface area (Å²) in [6.07, 6.45) is 59.7. The lowest BCUT2D eigenvalue weighted by atomic mass is 10.0. The topological polar surface area (TPSA) is 61.8 Å². The average Bonchev–Trinajstić information content (AvgIpc) is 3.22. The number of allylic oxidation sites excluding steroid dienone is 8. The third-order valence-corrected chi connectivity index (χ3v) is 10.8. The van der Waals surface area contributed by atoms with E-state index in [2.05, 4.69) is 69.4 Å². The van der Waals surface area contributed by atoms with Crippen molar-refractivity contribution in [3.8, 4) is 0 Å². The molecule has 0 aliphatic rings. The van der Waals surface area contributed by atoms with Crippen LogP contribution in [-0.4, -0.2) is 37.9 Å². The molecule has 0 aliphatic heterocycles. The minimum atomic E-state index is -0.543.